The van der Waals surface area contributed by atoms with Crippen LogP contribution in [-0.4, -0.2) is 31.6 Å². The van der Waals surface area contributed by atoms with Gasteiger partial charge in [-0.05, 0) is 32.5 Å². The van der Waals surface area contributed by atoms with E-state index in [4.69, 9.17) is 5.26 Å². The summed E-state index contributed by atoms with van der Waals surface area (Å²) in [5, 5.41) is 14.2. The predicted octanol–water partition coefficient (Wildman–Crippen LogP) is 2.69. The zero-order valence-electron chi connectivity index (χ0n) is 11.7. The fraction of sp³-hybridized carbons (Fsp3) is 0.643. The van der Waals surface area contributed by atoms with Crippen molar-refractivity contribution < 1.29 is 0 Å². The molecule has 0 saturated carbocycles. The molecule has 1 aromatic heterocycles. The van der Waals surface area contributed by atoms with Gasteiger partial charge in [-0.15, -0.1) is 11.3 Å². The lowest BCUT2D eigenvalue weighted by molar-refractivity contribution is 0.247. The molecule has 1 heterocycles. The lowest BCUT2D eigenvalue weighted by Gasteiger charge is -2.26. The molecule has 3 nitrogen and oxygen atoms in total. The summed E-state index contributed by atoms with van der Waals surface area (Å²) in [6.45, 7) is 6.36. The summed E-state index contributed by atoms with van der Waals surface area (Å²) in [6, 6.07) is 4.70. The average molecular weight is 265 g/mol. The molecular formula is C14H23N3S. The Morgan fingerprint density at radius 3 is 2.67 bits per heavy atom. The van der Waals surface area contributed by atoms with Crippen molar-refractivity contribution in [3.05, 3.63) is 21.9 Å². The monoisotopic (exact) mass is 265 g/mol. The lowest BCUT2D eigenvalue weighted by Crippen LogP contribution is -2.38. The van der Waals surface area contributed by atoms with Crippen LogP contribution in [0.4, 0.5) is 0 Å². The van der Waals surface area contributed by atoms with Crippen LogP contribution in [0.1, 0.15) is 30.7 Å². The third kappa shape index (κ3) is 5.18. The standard InChI is InChI=1S/C14H23N3S/c1-11(2)5-13(17(3)4)8-16-9-14-6-12(7-15)10-18-14/h6,10-11,13,16H,5,8-9H2,1-4H3. The quantitative estimate of drug-likeness (QED) is 0.824. The van der Waals surface area contributed by atoms with Gasteiger partial charge in [-0.1, -0.05) is 13.8 Å². The highest BCUT2D eigenvalue weighted by molar-refractivity contribution is 7.10. The first-order valence-corrected chi connectivity index (χ1v) is 7.25. The topological polar surface area (TPSA) is 39.1 Å². The van der Waals surface area contributed by atoms with E-state index in [0.717, 1.165) is 18.7 Å². The normalized spacial score (nSPS) is 12.9. The number of nitrogens with one attached hydrogen (secondary N) is 1. The van der Waals surface area contributed by atoms with Crippen LogP contribution in [0.5, 0.6) is 0 Å². The van der Waals surface area contributed by atoms with Crippen LogP contribution in [0.25, 0.3) is 0 Å². The molecule has 0 spiro atoms. The Morgan fingerprint density at radius 2 is 2.17 bits per heavy atom. The Morgan fingerprint density at radius 1 is 1.44 bits per heavy atom. The zero-order chi connectivity index (χ0) is 13.5. The minimum atomic E-state index is 0.570. The largest absolute Gasteiger partial charge is 0.310 e. The Bertz CT molecular complexity index is 390. The maximum absolute atomic E-state index is 8.77. The highest BCUT2D eigenvalue weighted by Gasteiger charge is 2.12. The van der Waals surface area contributed by atoms with Gasteiger partial charge in [0.05, 0.1) is 5.56 Å². The first-order chi connectivity index (χ1) is 8.52. The van der Waals surface area contributed by atoms with E-state index in [1.54, 1.807) is 11.3 Å². The van der Waals surface area contributed by atoms with Gasteiger partial charge in [-0.2, -0.15) is 5.26 Å². The van der Waals surface area contributed by atoms with Gasteiger partial charge >= 0.3 is 0 Å². The molecule has 1 rings (SSSR count). The van der Waals surface area contributed by atoms with E-state index in [9.17, 15) is 0 Å². The molecule has 1 atom stereocenters. The zero-order valence-corrected chi connectivity index (χ0v) is 12.5. The van der Waals surface area contributed by atoms with Gasteiger partial charge in [0.1, 0.15) is 6.07 Å². The molecule has 0 amide bonds. The summed E-state index contributed by atoms with van der Waals surface area (Å²) in [6.07, 6.45) is 1.20. The van der Waals surface area contributed by atoms with Crippen LogP contribution in [0.3, 0.4) is 0 Å². The molecule has 1 N–H and O–H groups in total. The molecule has 100 valence electrons. The summed E-state index contributed by atoms with van der Waals surface area (Å²) < 4.78 is 0. The third-order valence-electron chi connectivity index (χ3n) is 2.94. The molecule has 0 saturated heterocycles. The van der Waals surface area contributed by atoms with E-state index < -0.39 is 0 Å². The Hall–Kier alpha value is -0.890. The van der Waals surface area contributed by atoms with Crippen LogP contribution in [0.2, 0.25) is 0 Å². The molecule has 1 aromatic rings. The molecule has 18 heavy (non-hydrogen) atoms. The highest BCUT2D eigenvalue weighted by Crippen LogP contribution is 2.14. The number of thiophene rings is 1. The van der Waals surface area contributed by atoms with E-state index in [2.05, 4.69) is 44.2 Å². The first-order valence-electron chi connectivity index (χ1n) is 6.37. The molecule has 0 aliphatic rings. The number of likely N-dealkylation sites (N-methyl/N-ethyl adjacent to an activating group) is 1. The van der Waals surface area contributed by atoms with Gasteiger partial charge in [0, 0.05) is 29.4 Å². The summed E-state index contributed by atoms with van der Waals surface area (Å²) in [5.41, 5.74) is 0.767. The van der Waals surface area contributed by atoms with Crippen molar-refractivity contribution in [3.8, 4) is 6.07 Å². The van der Waals surface area contributed by atoms with E-state index >= 15 is 0 Å². The lowest BCUT2D eigenvalue weighted by atomic mass is 10.0. The van der Waals surface area contributed by atoms with Crippen molar-refractivity contribution in [1.82, 2.24) is 10.2 Å². The van der Waals surface area contributed by atoms with E-state index in [-0.39, 0.29) is 0 Å². The number of hydrogen-bond acceptors (Lipinski definition) is 4. The predicted molar refractivity (Wildman–Crippen MR) is 77.7 cm³/mol. The highest BCUT2D eigenvalue weighted by atomic mass is 32.1. The van der Waals surface area contributed by atoms with Crippen molar-refractivity contribution in [3.63, 3.8) is 0 Å². The van der Waals surface area contributed by atoms with Crippen LogP contribution >= 0.6 is 11.3 Å². The molecule has 0 fully saturated rings. The fourth-order valence-corrected chi connectivity index (χ4v) is 2.69. The molecule has 0 aliphatic heterocycles. The van der Waals surface area contributed by atoms with Crippen molar-refractivity contribution in [2.24, 2.45) is 5.92 Å². The summed E-state index contributed by atoms with van der Waals surface area (Å²) in [4.78, 5) is 3.51. The van der Waals surface area contributed by atoms with Crippen LogP contribution < -0.4 is 5.32 Å². The van der Waals surface area contributed by atoms with Gasteiger partial charge in [-0.25, -0.2) is 0 Å². The minimum absolute atomic E-state index is 0.570. The van der Waals surface area contributed by atoms with Crippen molar-refractivity contribution in [2.45, 2.75) is 32.9 Å². The van der Waals surface area contributed by atoms with Crippen molar-refractivity contribution in [1.29, 1.82) is 5.26 Å². The van der Waals surface area contributed by atoms with Gasteiger partial charge in [0.15, 0.2) is 0 Å². The van der Waals surface area contributed by atoms with E-state index in [1.165, 1.54) is 11.3 Å². The molecule has 0 aromatic carbocycles. The van der Waals surface area contributed by atoms with Gasteiger partial charge in [0.2, 0.25) is 0 Å². The Kier molecular flexibility index (Phi) is 6.34. The van der Waals surface area contributed by atoms with Crippen LogP contribution in [-0.2, 0) is 6.54 Å². The van der Waals surface area contributed by atoms with Gasteiger partial charge < -0.3 is 10.2 Å². The Balaban J connectivity index is 2.36. The molecule has 0 radical (unpaired) electrons. The number of rotatable bonds is 7. The van der Waals surface area contributed by atoms with Crippen LogP contribution in [0.15, 0.2) is 11.4 Å². The average Bonchev–Trinajstić information content (AvgIpc) is 2.75. The second kappa shape index (κ2) is 7.52. The Labute approximate surface area is 114 Å². The van der Waals surface area contributed by atoms with Crippen molar-refractivity contribution >= 4 is 11.3 Å². The minimum Gasteiger partial charge on any atom is -0.310 e. The molecule has 1 unspecified atom stereocenters. The molecule has 0 bridgehead atoms. The second-order valence-electron chi connectivity index (χ2n) is 5.29. The molecular weight excluding hydrogens is 242 g/mol. The number of nitrogens with zero attached hydrogens (tertiary/aromatic N) is 2. The molecule has 0 aliphatic carbocycles. The maximum Gasteiger partial charge on any atom is 0.100 e. The summed E-state index contributed by atoms with van der Waals surface area (Å²) in [5.74, 6) is 0.714. The van der Waals surface area contributed by atoms with Crippen molar-refractivity contribution in [2.75, 3.05) is 20.6 Å². The van der Waals surface area contributed by atoms with E-state index in [0.29, 0.717) is 12.0 Å². The van der Waals surface area contributed by atoms with Gasteiger partial charge in [-0.3, -0.25) is 0 Å². The fourth-order valence-electron chi connectivity index (χ4n) is 1.91. The maximum atomic E-state index is 8.77. The SMILES string of the molecule is CC(C)CC(CNCc1cc(C#N)cs1)N(C)C. The number of hydrogen-bond donors (Lipinski definition) is 1. The van der Waals surface area contributed by atoms with Gasteiger partial charge in [0.25, 0.3) is 0 Å². The smallest absolute Gasteiger partial charge is 0.100 e. The van der Waals surface area contributed by atoms with E-state index in [1.807, 2.05) is 11.4 Å². The first kappa shape index (κ1) is 15.2. The summed E-state index contributed by atoms with van der Waals surface area (Å²) >= 11 is 1.65. The summed E-state index contributed by atoms with van der Waals surface area (Å²) in [7, 11) is 4.27. The third-order valence-corrected chi connectivity index (χ3v) is 3.87. The van der Waals surface area contributed by atoms with Crippen LogP contribution in [0, 0.1) is 17.2 Å². The number of nitriles is 1. The molecule has 4 heteroatoms. The second-order valence-corrected chi connectivity index (χ2v) is 6.29.